The van der Waals surface area contributed by atoms with Crippen LogP contribution in [-0.2, 0) is 6.42 Å². The first-order chi connectivity index (χ1) is 14.1. The quantitative estimate of drug-likeness (QED) is 0.459. The fraction of sp³-hybridized carbons (Fsp3) is 0.304. The van der Waals surface area contributed by atoms with Gasteiger partial charge >= 0.3 is 0 Å². The van der Waals surface area contributed by atoms with Gasteiger partial charge in [0.15, 0.2) is 11.6 Å². The van der Waals surface area contributed by atoms with Crippen molar-refractivity contribution in [3.63, 3.8) is 0 Å². The summed E-state index contributed by atoms with van der Waals surface area (Å²) < 4.78 is 40.9. The fourth-order valence-corrected chi connectivity index (χ4v) is 4.62. The summed E-state index contributed by atoms with van der Waals surface area (Å²) >= 11 is 0. The van der Waals surface area contributed by atoms with Gasteiger partial charge in [0.25, 0.3) is 0 Å². The highest BCUT2D eigenvalue weighted by atomic mass is 19.2. The van der Waals surface area contributed by atoms with E-state index in [0.29, 0.717) is 28.4 Å². The number of nitrogens with zero attached hydrogens (tertiary/aromatic N) is 2. The SMILES string of the molecule is Fc1cc2nc(C[C@H]3CC[C@H](c4ccc(F)c5ncccc54)CC3)[nH]c2cc1F. The second kappa shape index (κ2) is 7.17. The molecular weight excluding hydrogens is 375 g/mol. The first-order valence-electron chi connectivity index (χ1n) is 9.95. The van der Waals surface area contributed by atoms with E-state index in [0.717, 1.165) is 55.4 Å². The molecule has 0 unspecified atom stereocenters. The van der Waals surface area contributed by atoms with E-state index in [-0.39, 0.29) is 5.82 Å². The first-order valence-corrected chi connectivity index (χ1v) is 9.95. The molecule has 0 saturated heterocycles. The van der Waals surface area contributed by atoms with E-state index in [9.17, 15) is 13.2 Å². The van der Waals surface area contributed by atoms with Crippen LogP contribution in [0.1, 0.15) is 43.0 Å². The first kappa shape index (κ1) is 18.2. The van der Waals surface area contributed by atoms with Crippen molar-refractivity contribution in [3.05, 3.63) is 71.4 Å². The lowest BCUT2D eigenvalue weighted by molar-refractivity contribution is 0.322. The van der Waals surface area contributed by atoms with Crippen molar-refractivity contribution in [2.45, 2.75) is 38.0 Å². The van der Waals surface area contributed by atoms with Crippen molar-refractivity contribution in [2.24, 2.45) is 5.92 Å². The second-order valence-corrected chi connectivity index (χ2v) is 7.92. The predicted octanol–water partition coefficient (Wildman–Crippen LogP) is 6.04. The Morgan fingerprint density at radius 3 is 2.55 bits per heavy atom. The normalized spacial score (nSPS) is 19.8. The monoisotopic (exact) mass is 395 g/mol. The largest absolute Gasteiger partial charge is 0.342 e. The van der Waals surface area contributed by atoms with Gasteiger partial charge in [0.2, 0.25) is 0 Å². The lowest BCUT2D eigenvalue weighted by Gasteiger charge is -2.29. The fourth-order valence-electron chi connectivity index (χ4n) is 4.62. The van der Waals surface area contributed by atoms with Crippen LogP contribution in [0.25, 0.3) is 21.9 Å². The molecule has 1 aliphatic carbocycles. The summed E-state index contributed by atoms with van der Waals surface area (Å²) in [6.45, 7) is 0. The van der Waals surface area contributed by atoms with Gasteiger partial charge in [-0.2, -0.15) is 0 Å². The summed E-state index contributed by atoms with van der Waals surface area (Å²) in [6.07, 6.45) is 6.48. The Hall–Kier alpha value is -2.89. The zero-order chi connectivity index (χ0) is 20.0. The highest BCUT2D eigenvalue weighted by Crippen LogP contribution is 2.39. The van der Waals surface area contributed by atoms with E-state index in [1.165, 1.54) is 11.6 Å². The Kier molecular flexibility index (Phi) is 4.49. The number of rotatable bonds is 3. The summed E-state index contributed by atoms with van der Waals surface area (Å²) in [5.41, 5.74) is 2.59. The Morgan fingerprint density at radius 1 is 0.931 bits per heavy atom. The molecule has 1 aliphatic rings. The Labute approximate surface area is 166 Å². The van der Waals surface area contributed by atoms with Crippen molar-refractivity contribution in [1.82, 2.24) is 15.0 Å². The number of hydrogen-bond donors (Lipinski definition) is 1. The molecule has 6 heteroatoms. The molecule has 0 aliphatic heterocycles. The van der Waals surface area contributed by atoms with Crippen molar-refractivity contribution < 1.29 is 13.2 Å². The minimum Gasteiger partial charge on any atom is -0.342 e. The molecule has 1 saturated carbocycles. The van der Waals surface area contributed by atoms with Crippen LogP contribution in [0.2, 0.25) is 0 Å². The molecule has 1 fully saturated rings. The van der Waals surface area contributed by atoms with Gasteiger partial charge in [0.1, 0.15) is 17.2 Å². The number of fused-ring (bicyclic) bond motifs is 2. The molecule has 0 radical (unpaired) electrons. The molecule has 148 valence electrons. The Bertz CT molecular complexity index is 1150. The van der Waals surface area contributed by atoms with Crippen LogP contribution in [-0.4, -0.2) is 15.0 Å². The average Bonchev–Trinajstić information content (AvgIpc) is 3.10. The molecule has 0 bridgehead atoms. The van der Waals surface area contributed by atoms with Crippen LogP contribution in [0.4, 0.5) is 13.2 Å². The van der Waals surface area contributed by atoms with Gasteiger partial charge in [-0.15, -0.1) is 0 Å². The molecule has 0 amide bonds. The molecule has 2 heterocycles. The molecule has 2 aromatic carbocycles. The maximum Gasteiger partial charge on any atom is 0.161 e. The lowest BCUT2D eigenvalue weighted by Crippen LogP contribution is -2.16. The van der Waals surface area contributed by atoms with Crippen LogP contribution < -0.4 is 0 Å². The Morgan fingerprint density at radius 2 is 1.72 bits per heavy atom. The maximum absolute atomic E-state index is 14.1. The summed E-state index contributed by atoms with van der Waals surface area (Å²) in [6, 6.07) is 9.50. The number of aromatic amines is 1. The van der Waals surface area contributed by atoms with Gasteiger partial charge in [0, 0.05) is 30.1 Å². The zero-order valence-corrected chi connectivity index (χ0v) is 15.8. The molecule has 2 aromatic heterocycles. The molecule has 5 rings (SSSR count). The average molecular weight is 395 g/mol. The standard InChI is InChI=1S/C23H20F3N3/c24-17-8-7-15(16-2-1-9-27-23(16)17)14-5-3-13(4-6-14)10-22-28-20-11-18(25)19(26)12-21(20)29-22/h1-2,7-9,11-14H,3-6,10H2,(H,28,29)/t13-,14-. The van der Waals surface area contributed by atoms with Crippen molar-refractivity contribution in [1.29, 1.82) is 0 Å². The summed E-state index contributed by atoms with van der Waals surface area (Å²) in [4.78, 5) is 11.7. The van der Waals surface area contributed by atoms with Crippen molar-refractivity contribution in [2.75, 3.05) is 0 Å². The highest BCUT2D eigenvalue weighted by Gasteiger charge is 2.25. The van der Waals surface area contributed by atoms with Gasteiger partial charge in [-0.05, 0) is 55.2 Å². The summed E-state index contributed by atoms with van der Waals surface area (Å²) in [7, 11) is 0. The third-order valence-corrected chi connectivity index (χ3v) is 6.10. The molecule has 0 spiro atoms. The number of imidazole rings is 1. The van der Waals surface area contributed by atoms with Crippen LogP contribution in [0, 0.1) is 23.4 Å². The minimum absolute atomic E-state index is 0.282. The van der Waals surface area contributed by atoms with E-state index in [4.69, 9.17) is 0 Å². The van der Waals surface area contributed by atoms with E-state index in [1.54, 1.807) is 6.20 Å². The zero-order valence-electron chi connectivity index (χ0n) is 15.8. The molecule has 0 atom stereocenters. The van der Waals surface area contributed by atoms with E-state index >= 15 is 0 Å². The second-order valence-electron chi connectivity index (χ2n) is 7.92. The van der Waals surface area contributed by atoms with E-state index in [1.807, 2.05) is 18.2 Å². The number of hydrogen-bond acceptors (Lipinski definition) is 2. The van der Waals surface area contributed by atoms with Gasteiger partial charge in [-0.25, -0.2) is 18.2 Å². The Balaban J connectivity index is 1.31. The lowest BCUT2D eigenvalue weighted by atomic mass is 9.76. The van der Waals surface area contributed by atoms with Crippen LogP contribution in [0.3, 0.4) is 0 Å². The smallest absolute Gasteiger partial charge is 0.161 e. The van der Waals surface area contributed by atoms with Crippen LogP contribution in [0.15, 0.2) is 42.6 Å². The number of H-pyrrole nitrogens is 1. The topological polar surface area (TPSA) is 41.6 Å². The van der Waals surface area contributed by atoms with Crippen LogP contribution in [0.5, 0.6) is 0 Å². The van der Waals surface area contributed by atoms with E-state index in [2.05, 4.69) is 15.0 Å². The van der Waals surface area contributed by atoms with Gasteiger partial charge in [0.05, 0.1) is 11.0 Å². The minimum atomic E-state index is -0.878. The third kappa shape index (κ3) is 3.37. The molecule has 4 aromatic rings. The van der Waals surface area contributed by atoms with Gasteiger partial charge in [-0.1, -0.05) is 12.1 Å². The van der Waals surface area contributed by atoms with Crippen molar-refractivity contribution in [3.8, 4) is 0 Å². The maximum atomic E-state index is 14.1. The number of pyridine rings is 1. The summed E-state index contributed by atoms with van der Waals surface area (Å²) in [5, 5.41) is 0.900. The number of halogens is 3. The third-order valence-electron chi connectivity index (χ3n) is 6.10. The number of benzene rings is 2. The van der Waals surface area contributed by atoms with E-state index < -0.39 is 11.6 Å². The molecule has 3 nitrogen and oxygen atoms in total. The van der Waals surface area contributed by atoms with Crippen LogP contribution >= 0.6 is 0 Å². The highest BCUT2D eigenvalue weighted by molar-refractivity contribution is 5.83. The molecular formula is C23H20F3N3. The van der Waals surface area contributed by atoms with Gasteiger partial charge in [-0.3, -0.25) is 4.98 Å². The van der Waals surface area contributed by atoms with Crippen molar-refractivity contribution >= 4 is 21.9 Å². The predicted molar refractivity (Wildman–Crippen MR) is 106 cm³/mol. The molecule has 1 N–H and O–H groups in total. The number of nitrogens with one attached hydrogen (secondary N) is 1. The number of aromatic nitrogens is 3. The molecule has 29 heavy (non-hydrogen) atoms. The van der Waals surface area contributed by atoms with Gasteiger partial charge < -0.3 is 4.98 Å². The summed E-state index contributed by atoms with van der Waals surface area (Å²) in [5.74, 6) is -0.407.